The summed E-state index contributed by atoms with van der Waals surface area (Å²) in [6.45, 7) is 7.60. The molecule has 0 spiro atoms. The zero-order valence-electron chi connectivity index (χ0n) is 11.9. The highest BCUT2D eigenvalue weighted by Gasteiger charge is 2.41. The molecule has 1 aliphatic carbocycles. The molecule has 1 aliphatic heterocycles. The molecule has 0 bridgehead atoms. The Labute approximate surface area is 118 Å². The van der Waals surface area contributed by atoms with Crippen molar-refractivity contribution in [3.05, 3.63) is 0 Å². The summed E-state index contributed by atoms with van der Waals surface area (Å²) >= 11 is 1.59. The zero-order chi connectivity index (χ0) is 14.2. The van der Waals surface area contributed by atoms with Gasteiger partial charge in [0, 0.05) is 11.8 Å². The lowest BCUT2D eigenvalue weighted by molar-refractivity contribution is -0.125. The van der Waals surface area contributed by atoms with Gasteiger partial charge in [-0.2, -0.15) is 0 Å². The second-order valence-electron chi connectivity index (χ2n) is 6.29. The van der Waals surface area contributed by atoms with Crippen molar-refractivity contribution < 1.29 is 14.3 Å². The Kier molecular flexibility index (Phi) is 3.99. The van der Waals surface area contributed by atoms with E-state index in [1.54, 1.807) is 11.8 Å². The molecule has 0 aromatic carbocycles. The molecule has 2 rings (SSSR count). The van der Waals surface area contributed by atoms with Crippen LogP contribution in [-0.4, -0.2) is 46.2 Å². The molecular weight excluding hydrogens is 264 g/mol. The summed E-state index contributed by atoms with van der Waals surface area (Å²) in [6, 6.07) is -0.105. The molecular formula is C13H22N2O3S. The van der Waals surface area contributed by atoms with E-state index in [0.29, 0.717) is 23.6 Å². The van der Waals surface area contributed by atoms with Crippen molar-refractivity contribution in [1.82, 2.24) is 10.2 Å². The van der Waals surface area contributed by atoms with Gasteiger partial charge in [-0.3, -0.25) is 9.69 Å². The Morgan fingerprint density at radius 1 is 1.37 bits per heavy atom. The van der Waals surface area contributed by atoms with Gasteiger partial charge in [-0.15, -0.1) is 11.8 Å². The van der Waals surface area contributed by atoms with Crippen molar-refractivity contribution in [2.75, 3.05) is 11.6 Å². The molecule has 2 fully saturated rings. The van der Waals surface area contributed by atoms with Gasteiger partial charge >= 0.3 is 6.09 Å². The molecule has 5 nitrogen and oxygen atoms in total. The minimum Gasteiger partial charge on any atom is -0.444 e. The first kappa shape index (κ1) is 14.5. The molecule has 108 valence electrons. The third-order valence-electron chi connectivity index (χ3n) is 3.25. The fourth-order valence-electron chi connectivity index (χ4n) is 1.96. The van der Waals surface area contributed by atoms with E-state index in [4.69, 9.17) is 4.74 Å². The molecule has 6 heteroatoms. The predicted octanol–water partition coefficient (Wildman–Crippen LogP) is 1.82. The Morgan fingerprint density at radius 3 is 2.53 bits per heavy atom. The van der Waals surface area contributed by atoms with Crippen molar-refractivity contribution in [1.29, 1.82) is 0 Å². The molecule has 0 aromatic heterocycles. The van der Waals surface area contributed by atoms with Gasteiger partial charge in [-0.25, -0.2) is 4.79 Å². The van der Waals surface area contributed by atoms with Crippen molar-refractivity contribution >= 4 is 23.8 Å². The highest BCUT2D eigenvalue weighted by Crippen LogP contribution is 2.30. The van der Waals surface area contributed by atoms with E-state index >= 15 is 0 Å². The van der Waals surface area contributed by atoms with E-state index in [9.17, 15) is 9.59 Å². The second-order valence-corrected chi connectivity index (χ2v) is 7.29. The number of rotatable bonds is 2. The average molecular weight is 286 g/mol. The third-order valence-corrected chi connectivity index (χ3v) is 4.26. The minimum atomic E-state index is -0.531. The lowest BCUT2D eigenvalue weighted by Gasteiger charge is -2.27. The standard InChI is InChI=1S/C13H22N2O3S/c1-8-5-9(8)14-11(16)10-6-19-7-15(10)12(17)18-13(2,3)4/h8-10H,5-7H2,1-4H3,(H,14,16)/t8-,9+,10+/m0/s1. The number of amides is 2. The normalized spacial score (nSPS) is 30.1. The molecule has 0 aromatic rings. The molecule has 19 heavy (non-hydrogen) atoms. The molecule has 1 saturated carbocycles. The molecule has 1 N–H and O–H groups in total. The number of carbonyl (C=O) groups is 2. The number of hydrogen-bond acceptors (Lipinski definition) is 4. The number of nitrogens with zero attached hydrogens (tertiary/aromatic N) is 1. The highest BCUT2D eigenvalue weighted by molar-refractivity contribution is 7.99. The van der Waals surface area contributed by atoms with Crippen LogP contribution in [0.5, 0.6) is 0 Å². The van der Waals surface area contributed by atoms with Gasteiger partial charge in [-0.05, 0) is 33.1 Å². The topological polar surface area (TPSA) is 58.6 Å². The number of hydrogen-bond donors (Lipinski definition) is 1. The van der Waals surface area contributed by atoms with Gasteiger partial charge in [0.15, 0.2) is 0 Å². The molecule has 1 heterocycles. The van der Waals surface area contributed by atoms with Crippen LogP contribution in [0.25, 0.3) is 0 Å². The third kappa shape index (κ3) is 3.78. The van der Waals surface area contributed by atoms with Gasteiger partial charge in [0.1, 0.15) is 11.6 Å². The van der Waals surface area contributed by atoms with Crippen molar-refractivity contribution in [3.63, 3.8) is 0 Å². The van der Waals surface area contributed by atoms with E-state index in [0.717, 1.165) is 6.42 Å². The Balaban J connectivity index is 1.92. The first-order valence-corrected chi connectivity index (χ1v) is 7.81. The van der Waals surface area contributed by atoms with Crippen molar-refractivity contribution in [3.8, 4) is 0 Å². The smallest absolute Gasteiger partial charge is 0.411 e. The van der Waals surface area contributed by atoms with Gasteiger partial charge < -0.3 is 10.1 Å². The number of carbonyl (C=O) groups excluding carboxylic acids is 2. The lowest BCUT2D eigenvalue weighted by Crippen LogP contribution is -2.49. The summed E-state index contributed by atoms with van der Waals surface area (Å²) in [5.74, 6) is 1.68. The molecule has 0 unspecified atom stereocenters. The van der Waals surface area contributed by atoms with Crippen LogP contribution >= 0.6 is 11.8 Å². The van der Waals surface area contributed by atoms with Crippen LogP contribution in [0.2, 0.25) is 0 Å². The maximum atomic E-state index is 12.1. The van der Waals surface area contributed by atoms with Gasteiger partial charge in [0.25, 0.3) is 0 Å². The maximum absolute atomic E-state index is 12.1. The molecule has 3 atom stereocenters. The Bertz CT molecular complexity index is 381. The first-order chi connectivity index (χ1) is 8.78. The fraction of sp³-hybridized carbons (Fsp3) is 0.846. The monoisotopic (exact) mass is 286 g/mol. The van der Waals surface area contributed by atoms with Crippen LogP contribution in [0.3, 0.4) is 0 Å². The van der Waals surface area contributed by atoms with E-state index < -0.39 is 17.7 Å². The van der Waals surface area contributed by atoms with E-state index in [-0.39, 0.29) is 5.91 Å². The average Bonchev–Trinajstić information content (AvgIpc) is 2.81. The number of thioether (sulfide) groups is 1. The van der Waals surface area contributed by atoms with Crippen LogP contribution in [0.1, 0.15) is 34.1 Å². The highest BCUT2D eigenvalue weighted by atomic mass is 32.2. The SMILES string of the molecule is C[C@H]1C[C@H]1NC(=O)[C@H]1CSCN1C(=O)OC(C)(C)C. The minimum absolute atomic E-state index is 0.0507. The predicted molar refractivity (Wildman–Crippen MR) is 74.9 cm³/mol. The maximum Gasteiger partial charge on any atom is 0.411 e. The first-order valence-electron chi connectivity index (χ1n) is 6.65. The quantitative estimate of drug-likeness (QED) is 0.841. The van der Waals surface area contributed by atoms with Crippen LogP contribution < -0.4 is 5.32 Å². The second kappa shape index (κ2) is 5.23. The van der Waals surface area contributed by atoms with Gasteiger partial charge in [0.2, 0.25) is 5.91 Å². The molecule has 1 saturated heterocycles. The molecule has 2 amide bonds. The summed E-state index contributed by atoms with van der Waals surface area (Å²) in [4.78, 5) is 25.7. The van der Waals surface area contributed by atoms with E-state index in [1.165, 1.54) is 4.90 Å². The van der Waals surface area contributed by atoms with Gasteiger partial charge in [-0.1, -0.05) is 6.92 Å². The fourth-order valence-corrected chi connectivity index (χ4v) is 3.10. The van der Waals surface area contributed by atoms with Crippen molar-refractivity contribution in [2.24, 2.45) is 5.92 Å². The van der Waals surface area contributed by atoms with E-state index in [1.807, 2.05) is 20.8 Å². The van der Waals surface area contributed by atoms with Crippen LogP contribution in [0.4, 0.5) is 4.79 Å². The molecule has 0 radical (unpaired) electrons. The Morgan fingerprint density at radius 2 is 2.00 bits per heavy atom. The summed E-state index contributed by atoms with van der Waals surface area (Å²) in [5.41, 5.74) is -0.531. The van der Waals surface area contributed by atoms with Gasteiger partial charge in [0.05, 0.1) is 5.88 Å². The summed E-state index contributed by atoms with van der Waals surface area (Å²) in [7, 11) is 0. The number of nitrogens with one attached hydrogen (secondary N) is 1. The van der Waals surface area contributed by atoms with Crippen LogP contribution in [-0.2, 0) is 9.53 Å². The zero-order valence-corrected chi connectivity index (χ0v) is 12.8. The number of ether oxygens (including phenoxy) is 1. The van der Waals surface area contributed by atoms with Crippen molar-refractivity contribution in [2.45, 2.75) is 51.8 Å². The lowest BCUT2D eigenvalue weighted by atomic mass is 10.2. The summed E-state index contributed by atoms with van der Waals surface area (Å²) in [6.07, 6.45) is 0.638. The molecule has 2 aliphatic rings. The largest absolute Gasteiger partial charge is 0.444 e. The summed E-state index contributed by atoms with van der Waals surface area (Å²) < 4.78 is 5.34. The summed E-state index contributed by atoms with van der Waals surface area (Å²) in [5, 5.41) is 2.99. The van der Waals surface area contributed by atoms with E-state index in [2.05, 4.69) is 12.2 Å². The van der Waals surface area contributed by atoms with Crippen LogP contribution in [0, 0.1) is 5.92 Å². The van der Waals surface area contributed by atoms with Crippen LogP contribution in [0.15, 0.2) is 0 Å². The Hall–Kier alpha value is -0.910.